The van der Waals surface area contributed by atoms with E-state index >= 15 is 0 Å². The summed E-state index contributed by atoms with van der Waals surface area (Å²) in [6, 6.07) is 9.34. The summed E-state index contributed by atoms with van der Waals surface area (Å²) >= 11 is 0. The second-order valence-electron chi connectivity index (χ2n) is 4.26. The van der Waals surface area contributed by atoms with Crippen molar-refractivity contribution in [2.24, 2.45) is 0 Å². The van der Waals surface area contributed by atoms with Gasteiger partial charge >= 0.3 is 5.97 Å². The molecule has 2 rings (SSSR count). The van der Waals surface area contributed by atoms with Crippen LogP contribution in [0.2, 0.25) is 0 Å². The minimum Gasteiger partial charge on any atom is -0.478 e. The second-order valence-corrected chi connectivity index (χ2v) is 6.28. The van der Waals surface area contributed by atoms with Gasteiger partial charge in [0.1, 0.15) is 5.82 Å². The molecule has 0 amide bonds. The molecule has 0 saturated heterocycles. The van der Waals surface area contributed by atoms with E-state index in [1.807, 2.05) is 0 Å². The van der Waals surface area contributed by atoms with Crippen LogP contribution in [0.3, 0.4) is 0 Å². The first-order chi connectivity index (χ1) is 9.30. The Hall–Kier alpha value is -2.21. The summed E-state index contributed by atoms with van der Waals surface area (Å²) < 4.78 is 36.7. The molecule has 104 valence electrons. The molecule has 1 N–H and O–H groups in total. The number of sulfone groups is 1. The number of halogens is 1. The Morgan fingerprint density at radius 3 is 2.30 bits per heavy atom. The highest BCUT2D eigenvalue weighted by Crippen LogP contribution is 2.28. The van der Waals surface area contributed by atoms with E-state index in [2.05, 4.69) is 0 Å². The molecule has 6 heteroatoms. The quantitative estimate of drug-likeness (QED) is 0.944. The summed E-state index contributed by atoms with van der Waals surface area (Å²) in [6.45, 7) is 0. The monoisotopic (exact) mass is 294 g/mol. The number of carboxylic acid groups (broad SMARTS) is 1. The Bertz CT molecular complexity index is 782. The largest absolute Gasteiger partial charge is 0.478 e. The molecule has 2 aromatic rings. The molecule has 20 heavy (non-hydrogen) atoms. The van der Waals surface area contributed by atoms with Crippen molar-refractivity contribution in [1.29, 1.82) is 0 Å². The summed E-state index contributed by atoms with van der Waals surface area (Å²) in [5, 5.41) is 9.19. The van der Waals surface area contributed by atoms with Crippen molar-refractivity contribution in [2.45, 2.75) is 4.90 Å². The average Bonchev–Trinajstić information content (AvgIpc) is 2.37. The SMILES string of the molecule is CS(=O)(=O)c1ccc(-c2ccccc2F)c(C(=O)O)c1. The van der Waals surface area contributed by atoms with Crippen molar-refractivity contribution in [3.8, 4) is 11.1 Å². The van der Waals surface area contributed by atoms with Crippen molar-refractivity contribution in [2.75, 3.05) is 6.26 Å². The maximum Gasteiger partial charge on any atom is 0.336 e. The molecule has 0 aliphatic heterocycles. The summed E-state index contributed by atoms with van der Waals surface area (Å²) in [5.74, 6) is -1.88. The highest BCUT2D eigenvalue weighted by Gasteiger charge is 2.18. The van der Waals surface area contributed by atoms with Crippen molar-refractivity contribution in [3.05, 3.63) is 53.8 Å². The Labute approximate surface area is 115 Å². The zero-order chi connectivity index (χ0) is 14.9. The molecular formula is C14H11FO4S. The number of hydrogen-bond acceptors (Lipinski definition) is 3. The molecule has 0 aliphatic rings. The van der Waals surface area contributed by atoms with E-state index in [0.717, 1.165) is 12.3 Å². The molecule has 0 heterocycles. The van der Waals surface area contributed by atoms with Crippen molar-refractivity contribution >= 4 is 15.8 Å². The third-order valence-corrected chi connectivity index (χ3v) is 3.92. The van der Waals surface area contributed by atoms with E-state index < -0.39 is 21.6 Å². The van der Waals surface area contributed by atoms with E-state index in [-0.39, 0.29) is 21.6 Å². The Kier molecular flexibility index (Phi) is 3.59. The van der Waals surface area contributed by atoms with Crippen LogP contribution in [0, 0.1) is 5.82 Å². The molecule has 0 unspecified atom stereocenters. The minimum absolute atomic E-state index is 0.116. The van der Waals surface area contributed by atoms with Crippen molar-refractivity contribution in [1.82, 2.24) is 0 Å². The molecule has 0 spiro atoms. The number of hydrogen-bond donors (Lipinski definition) is 1. The van der Waals surface area contributed by atoms with E-state index in [0.29, 0.717) is 0 Å². The zero-order valence-corrected chi connectivity index (χ0v) is 11.3. The van der Waals surface area contributed by atoms with Crippen LogP contribution in [0.25, 0.3) is 11.1 Å². The summed E-state index contributed by atoms with van der Waals surface area (Å²) in [6.07, 6.45) is 0.983. The fourth-order valence-corrected chi connectivity index (χ4v) is 2.49. The van der Waals surface area contributed by atoms with E-state index in [9.17, 15) is 22.7 Å². The molecule has 0 bridgehead atoms. The van der Waals surface area contributed by atoms with E-state index in [4.69, 9.17) is 0 Å². The highest BCUT2D eigenvalue weighted by molar-refractivity contribution is 7.90. The molecule has 0 aliphatic carbocycles. The zero-order valence-electron chi connectivity index (χ0n) is 10.5. The fourth-order valence-electron chi connectivity index (χ4n) is 1.85. The average molecular weight is 294 g/mol. The number of carbonyl (C=O) groups is 1. The fraction of sp³-hybridized carbons (Fsp3) is 0.0714. The van der Waals surface area contributed by atoms with Crippen LogP contribution in [0.5, 0.6) is 0 Å². The summed E-state index contributed by atoms with van der Waals surface area (Å²) in [4.78, 5) is 11.2. The lowest BCUT2D eigenvalue weighted by Gasteiger charge is -2.09. The highest BCUT2D eigenvalue weighted by atomic mass is 32.2. The third kappa shape index (κ3) is 2.70. The molecule has 0 saturated carbocycles. The van der Waals surface area contributed by atoms with Gasteiger partial charge in [0.05, 0.1) is 10.5 Å². The number of carboxylic acids is 1. The first-order valence-electron chi connectivity index (χ1n) is 5.63. The molecule has 0 fully saturated rings. The van der Waals surface area contributed by atoms with Crippen LogP contribution < -0.4 is 0 Å². The second kappa shape index (κ2) is 5.05. The lowest BCUT2D eigenvalue weighted by atomic mass is 9.99. The van der Waals surface area contributed by atoms with Crippen LogP contribution in [0.15, 0.2) is 47.4 Å². The lowest BCUT2D eigenvalue weighted by molar-refractivity contribution is 0.0697. The molecular weight excluding hydrogens is 283 g/mol. The predicted molar refractivity (Wildman–Crippen MR) is 71.9 cm³/mol. The van der Waals surface area contributed by atoms with Gasteiger partial charge in [0.15, 0.2) is 9.84 Å². The van der Waals surface area contributed by atoms with Gasteiger partial charge in [-0.3, -0.25) is 0 Å². The summed E-state index contributed by atoms with van der Waals surface area (Å²) in [7, 11) is -3.52. The van der Waals surface area contributed by atoms with Gasteiger partial charge in [0.25, 0.3) is 0 Å². The van der Waals surface area contributed by atoms with Gasteiger partial charge in [-0.1, -0.05) is 24.3 Å². The minimum atomic E-state index is -3.52. The molecule has 2 aromatic carbocycles. The first-order valence-corrected chi connectivity index (χ1v) is 7.52. The summed E-state index contributed by atoms with van der Waals surface area (Å²) in [5.41, 5.74) is 0.00553. The molecule has 0 aromatic heterocycles. The number of aromatic carboxylic acids is 1. The van der Waals surface area contributed by atoms with Gasteiger partial charge < -0.3 is 5.11 Å². The van der Waals surface area contributed by atoms with Crippen LogP contribution >= 0.6 is 0 Å². The van der Waals surface area contributed by atoms with Gasteiger partial charge in [-0.25, -0.2) is 17.6 Å². The Morgan fingerprint density at radius 1 is 1.10 bits per heavy atom. The number of benzene rings is 2. The van der Waals surface area contributed by atoms with Gasteiger partial charge in [-0.2, -0.15) is 0 Å². The van der Waals surface area contributed by atoms with Crippen molar-refractivity contribution in [3.63, 3.8) is 0 Å². The maximum absolute atomic E-state index is 13.7. The van der Waals surface area contributed by atoms with E-state index in [1.165, 1.54) is 30.3 Å². The van der Waals surface area contributed by atoms with Crippen LogP contribution in [0.1, 0.15) is 10.4 Å². The van der Waals surface area contributed by atoms with Gasteiger partial charge in [0, 0.05) is 11.8 Å². The van der Waals surface area contributed by atoms with Gasteiger partial charge in [0.2, 0.25) is 0 Å². The molecule has 0 radical (unpaired) electrons. The lowest BCUT2D eigenvalue weighted by Crippen LogP contribution is -2.04. The molecule has 0 atom stereocenters. The standard InChI is InChI=1S/C14H11FO4S/c1-20(18,19)9-6-7-10(12(8-9)14(16)17)11-4-2-3-5-13(11)15/h2-8H,1H3,(H,16,17). The van der Waals surface area contributed by atoms with Gasteiger partial charge in [-0.05, 0) is 23.8 Å². The maximum atomic E-state index is 13.7. The third-order valence-electron chi connectivity index (χ3n) is 2.81. The van der Waals surface area contributed by atoms with Crippen LogP contribution in [-0.4, -0.2) is 25.7 Å². The van der Waals surface area contributed by atoms with Gasteiger partial charge in [-0.15, -0.1) is 0 Å². The van der Waals surface area contributed by atoms with Crippen LogP contribution in [-0.2, 0) is 9.84 Å². The topological polar surface area (TPSA) is 71.4 Å². The number of rotatable bonds is 3. The normalized spacial score (nSPS) is 11.3. The van der Waals surface area contributed by atoms with Crippen LogP contribution in [0.4, 0.5) is 4.39 Å². The van der Waals surface area contributed by atoms with E-state index in [1.54, 1.807) is 6.07 Å². The Morgan fingerprint density at radius 2 is 1.75 bits per heavy atom. The smallest absolute Gasteiger partial charge is 0.336 e. The first kappa shape index (κ1) is 14.2. The Balaban J connectivity index is 2.73. The van der Waals surface area contributed by atoms with Crippen molar-refractivity contribution < 1.29 is 22.7 Å². The predicted octanol–water partition coefficient (Wildman–Crippen LogP) is 2.59. The molecule has 4 nitrogen and oxygen atoms in total.